The third-order valence-corrected chi connectivity index (χ3v) is 4.70. The van der Waals surface area contributed by atoms with Crippen LogP contribution in [0.4, 0.5) is 0 Å². The van der Waals surface area contributed by atoms with E-state index in [9.17, 15) is 9.59 Å². The lowest BCUT2D eigenvalue weighted by Crippen LogP contribution is -2.39. The first-order valence-electron chi connectivity index (χ1n) is 6.60. The van der Waals surface area contributed by atoms with E-state index in [1.807, 2.05) is 13.0 Å². The van der Waals surface area contributed by atoms with E-state index < -0.39 is 0 Å². The van der Waals surface area contributed by atoms with Crippen molar-refractivity contribution in [1.82, 2.24) is 0 Å². The highest BCUT2D eigenvalue weighted by molar-refractivity contribution is 5.94. The van der Waals surface area contributed by atoms with Gasteiger partial charge in [-0.3, -0.25) is 4.79 Å². The van der Waals surface area contributed by atoms with Crippen LogP contribution in [0.5, 0.6) is 0 Å². The van der Waals surface area contributed by atoms with Crippen molar-refractivity contribution in [2.75, 3.05) is 7.11 Å². The molecule has 0 aromatic heterocycles. The largest absolute Gasteiger partial charge is 0.466 e. The first kappa shape index (κ1) is 13.8. The molecule has 2 aliphatic carbocycles. The Morgan fingerprint density at radius 2 is 2.16 bits per heavy atom. The molecule has 0 amide bonds. The number of methoxy groups -OCH3 is 1. The summed E-state index contributed by atoms with van der Waals surface area (Å²) in [6.07, 6.45) is 7.25. The summed E-state index contributed by atoms with van der Waals surface area (Å²) in [6, 6.07) is 0. The molecule has 0 N–H and O–H groups in total. The molecular formula is C16H20O3. The molecule has 0 aromatic carbocycles. The highest BCUT2D eigenvalue weighted by atomic mass is 16.5. The molecule has 2 aliphatic rings. The number of hydrogen-bond acceptors (Lipinski definition) is 3. The molecule has 0 saturated heterocycles. The van der Waals surface area contributed by atoms with Crippen LogP contribution in [0.15, 0.2) is 36.0 Å². The van der Waals surface area contributed by atoms with Gasteiger partial charge in [-0.25, -0.2) is 4.79 Å². The van der Waals surface area contributed by atoms with Crippen LogP contribution in [0.1, 0.15) is 26.7 Å². The number of carbonyl (C=O) groups excluding carboxylic acids is 2. The summed E-state index contributed by atoms with van der Waals surface area (Å²) < 4.78 is 4.74. The van der Waals surface area contributed by atoms with Crippen molar-refractivity contribution >= 4 is 11.8 Å². The monoisotopic (exact) mass is 260 g/mol. The Morgan fingerprint density at radius 1 is 1.47 bits per heavy atom. The van der Waals surface area contributed by atoms with Gasteiger partial charge in [0.2, 0.25) is 0 Å². The van der Waals surface area contributed by atoms with Crippen molar-refractivity contribution in [2.45, 2.75) is 26.7 Å². The molecule has 0 bridgehead atoms. The number of fused-ring (bicyclic) bond motifs is 1. The summed E-state index contributed by atoms with van der Waals surface area (Å²) >= 11 is 0. The number of rotatable bonds is 2. The minimum Gasteiger partial charge on any atom is -0.466 e. The Kier molecular flexibility index (Phi) is 3.48. The van der Waals surface area contributed by atoms with Gasteiger partial charge in [-0.2, -0.15) is 0 Å². The molecule has 0 saturated carbocycles. The van der Waals surface area contributed by atoms with Crippen LogP contribution < -0.4 is 0 Å². The SMILES string of the molecule is C=C(C(=O)OC)[C@H]1CC=C2C=CC(=O)[C@@H](C)[C@]2(C)C1. The van der Waals surface area contributed by atoms with Crippen LogP contribution in [-0.2, 0) is 14.3 Å². The lowest BCUT2D eigenvalue weighted by molar-refractivity contribution is -0.136. The lowest BCUT2D eigenvalue weighted by atomic mass is 9.59. The Labute approximate surface area is 114 Å². The second-order valence-electron chi connectivity index (χ2n) is 5.69. The Hall–Kier alpha value is -1.64. The molecule has 0 fully saturated rings. The normalized spacial score (nSPS) is 33.4. The molecule has 102 valence electrons. The van der Waals surface area contributed by atoms with Crippen LogP contribution in [0.3, 0.4) is 0 Å². The average Bonchev–Trinajstić information content (AvgIpc) is 2.41. The van der Waals surface area contributed by atoms with Crippen LogP contribution in [-0.4, -0.2) is 18.9 Å². The number of hydrogen-bond donors (Lipinski definition) is 0. The van der Waals surface area contributed by atoms with E-state index in [4.69, 9.17) is 4.74 Å². The van der Waals surface area contributed by atoms with Gasteiger partial charge in [0.25, 0.3) is 0 Å². The molecule has 0 spiro atoms. The van der Waals surface area contributed by atoms with Crippen molar-refractivity contribution in [3.05, 3.63) is 36.0 Å². The predicted molar refractivity (Wildman–Crippen MR) is 73.4 cm³/mol. The summed E-state index contributed by atoms with van der Waals surface area (Å²) in [6.45, 7) is 7.92. The Morgan fingerprint density at radius 3 is 2.79 bits per heavy atom. The van der Waals surface area contributed by atoms with E-state index in [0.29, 0.717) is 5.57 Å². The van der Waals surface area contributed by atoms with Gasteiger partial charge in [0.1, 0.15) is 0 Å². The average molecular weight is 260 g/mol. The molecule has 2 rings (SSSR count). The van der Waals surface area contributed by atoms with Crippen LogP contribution >= 0.6 is 0 Å². The Balaban J connectivity index is 2.29. The molecule has 0 aromatic rings. The lowest BCUT2D eigenvalue weighted by Gasteiger charge is -2.43. The molecule has 0 radical (unpaired) electrons. The molecule has 3 nitrogen and oxygen atoms in total. The van der Waals surface area contributed by atoms with Gasteiger partial charge in [-0.15, -0.1) is 0 Å². The van der Waals surface area contributed by atoms with Crippen molar-refractivity contribution in [2.24, 2.45) is 17.3 Å². The fourth-order valence-electron chi connectivity index (χ4n) is 3.09. The minimum atomic E-state index is -0.351. The topological polar surface area (TPSA) is 43.4 Å². The van der Waals surface area contributed by atoms with E-state index in [2.05, 4.69) is 19.6 Å². The number of ketones is 1. The third-order valence-electron chi connectivity index (χ3n) is 4.70. The van der Waals surface area contributed by atoms with E-state index in [-0.39, 0.29) is 29.0 Å². The highest BCUT2D eigenvalue weighted by Gasteiger charge is 2.44. The zero-order valence-corrected chi connectivity index (χ0v) is 11.7. The molecule has 0 heterocycles. The molecule has 19 heavy (non-hydrogen) atoms. The summed E-state index contributed by atoms with van der Waals surface area (Å²) in [5.74, 6) is -0.195. The quantitative estimate of drug-likeness (QED) is 0.566. The van der Waals surface area contributed by atoms with Gasteiger partial charge < -0.3 is 4.74 Å². The van der Waals surface area contributed by atoms with E-state index in [1.165, 1.54) is 12.7 Å². The standard InChI is InChI=1S/C16H20O3/c1-10(15(18)19-4)12-5-6-13-7-8-14(17)11(2)16(13,3)9-12/h6-8,11-12H,1,5,9H2,2-4H3/t11-,12+,16+/m1/s1. The molecule has 0 unspecified atom stereocenters. The van der Waals surface area contributed by atoms with Gasteiger partial charge in [-0.05, 0) is 30.4 Å². The van der Waals surface area contributed by atoms with Gasteiger partial charge in [0.15, 0.2) is 5.78 Å². The van der Waals surface area contributed by atoms with Crippen LogP contribution in [0.25, 0.3) is 0 Å². The second kappa shape index (κ2) is 4.80. The van der Waals surface area contributed by atoms with Crippen molar-refractivity contribution in [3.63, 3.8) is 0 Å². The summed E-state index contributed by atoms with van der Waals surface area (Å²) in [4.78, 5) is 23.5. The molecular weight excluding hydrogens is 240 g/mol. The fraction of sp³-hybridized carbons (Fsp3) is 0.500. The summed E-state index contributed by atoms with van der Waals surface area (Å²) in [7, 11) is 1.37. The Bertz CT molecular complexity index is 498. The van der Waals surface area contributed by atoms with Crippen molar-refractivity contribution < 1.29 is 14.3 Å². The van der Waals surface area contributed by atoms with Gasteiger partial charge in [0.05, 0.1) is 7.11 Å². The van der Waals surface area contributed by atoms with E-state index in [1.54, 1.807) is 6.08 Å². The zero-order chi connectivity index (χ0) is 14.2. The maximum atomic E-state index is 11.9. The zero-order valence-electron chi connectivity index (χ0n) is 11.7. The van der Waals surface area contributed by atoms with E-state index in [0.717, 1.165) is 12.8 Å². The van der Waals surface area contributed by atoms with Gasteiger partial charge in [0, 0.05) is 16.9 Å². The van der Waals surface area contributed by atoms with Gasteiger partial charge in [-0.1, -0.05) is 32.6 Å². The highest BCUT2D eigenvalue weighted by Crippen LogP contribution is 2.49. The maximum absolute atomic E-state index is 11.9. The first-order valence-corrected chi connectivity index (χ1v) is 6.60. The van der Waals surface area contributed by atoms with Crippen molar-refractivity contribution in [3.8, 4) is 0 Å². The summed E-state index contributed by atoms with van der Waals surface area (Å²) in [5, 5.41) is 0. The number of esters is 1. The smallest absolute Gasteiger partial charge is 0.333 e. The molecule has 3 atom stereocenters. The minimum absolute atomic E-state index is 0.0583. The number of ether oxygens (including phenoxy) is 1. The predicted octanol–water partition coefficient (Wildman–Crippen LogP) is 2.83. The molecule has 0 aliphatic heterocycles. The third kappa shape index (κ3) is 2.18. The molecule has 3 heteroatoms. The number of allylic oxidation sites excluding steroid dienone is 4. The number of carbonyl (C=O) groups is 2. The maximum Gasteiger partial charge on any atom is 0.333 e. The van der Waals surface area contributed by atoms with Gasteiger partial charge >= 0.3 is 5.97 Å². The second-order valence-corrected chi connectivity index (χ2v) is 5.69. The fourth-order valence-corrected chi connectivity index (χ4v) is 3.09. The van der Waals surface area contributed by atoms with Crippen molar-refractivity contribution in [1.29, 1.82) is 0 Å². The van der Waals surface area contributed by atoms with E-state index >= 15 is 0 Å². The van der Waals surface area contributed by atoms with Crippen LogP contribution in [0, 0.1) is 17.3 Å². The first-order chi connectivity index (χ1) is 8.90. The van der Waals surface area contributed by atoms with Crippen LogP contribution in [0.2, 0.25) is 0 Å². The summed E-state index contributed by atoms with van der Waals surface area (Å²) in [5.41, 5.74) is 1.51.